The highest BCUT2D eigenvalue weighted by Crippen LogP contribution is 2.16. The Balaban J connectivity index is 1.83. The van der Waals surface area contributed by atoms with Crippen molar-refractivity contribution in [1.29, 1.82) is 0 Å². The van der Waals surface area contributed by atoms with Crippen LogP contribution in [-0.4, -0.2) is 46.2 Å². The fourth-order valence-corrected chi connectivity index (χ4v) is 1.75. The zero-order valence-corrected chi connectivity index (χ0v) is 12.0. The minimum atomic E-state index is -0.246. The number of ether oxygens (including phenoxy) is 1. The first-order valence-electron chi connectivity index (χ1n) is 6.09. The van der Waals surface area contributed by atoms with E-state index in [2.05, 4.69) is 15.2 Å². The number of carbonyl (C=O) groups excluding carboxylic acids is 1. The molecule has 0 aliphatic carbocycles. The lowest BCUT2D eigenvalue weighted by Gasteiger charge is -2.15. The lowest BCUT2D eigenvalue weighted by molar-refractivity contribution is 0.0762. The van der Waals surface area contributed by atoms with Gasteiger partial charge in [0.15, 0.2) is 0 Å². The Morgan fingerprint density at radius 2 is 2.30 bits per heavy atom. The standard InChI is InChI=1S/C13H15ClN4O2/c1-9-15-12(17-16-9)13(19)18(2)6-7-20-11-5-3-4-10(14)8-11/h3-5,8H,6-7H2,1-2H3,(H,15,16,17). The number of carbonyl (C=O) groups is 1. The van der Waals surface area contributed by atoms with Gasteiger partial charge < -0.3 is 9.64 Å². The van der Waals surface area contributed by atoms with Crippen LogP contribution < -0.4 is 4.74 Å². The van der Waals surface area contributed by atoms with Gasteiger partial charge in [0.25, 0.3) is 5.91 Å². The Labute approximate surface area is 121 Å². The van der Waals surface area contributed by atoms with E-state index >= 15 is 0 Å². The van der Waals surface area contributed by atoms with E-state index in [0.717, 1.165) is 0 Å². The monoisotopic (exact) mass is 294 g/mol. The molecule has 1 heterocycles. The van der Waals surface area contributed by atoms with Crippen molar-refractivity contribution >= 4 is 17.5 Å². The van der Waals surface area contributed by atoms with E-state index in [4.69, 9.17) is 16.3 Å². The van der Waals surface area contributed by atoms with Gasteiger partial charge in [-0.3, -0.25) is 9.89 Å². The molecular weight excluding hydrogens is 280 g/mol. The van der Waals surface area contributed by atoms with Gasteiger partial charge in [0.2, 0.25) is 5.82 Å². The van der Waals surface area contributed by atoms with Crippen LogP contribution in [0.3, 0.4) is 0 Å². The molecule has 0 radical (unpaired) electrons. The van der Waals surface area contributed by atoms with Gasteiger partial charge in [-0.1, -0.05) is 17.7 Å². The third kappa shape index (κ3) is 3.71. The maximum absolute atomic E-state index is 12.0. The van der Waals surface area contributed by atoms with Crippen molar-refractivity contribution in [3.05, 3.63) is 40.9 Å². The number of aryl methyl sites for hydroxylation is 1. The molecule has 0 saturated carbocycles. The molecule has 0 saturated heterocycles. The number of nitrogens with one attached hydrogen (secondary N) is 1. The number of aromatic nitrogens is 3. The van der Waals surface area contributed by atoms with Crippen molar-refractivity contribution in [3.8, 4) is 5.75 Å². The summed E-state index contributed by atoms with van der Waals surface area (Å²) in [5, 5.41) is 7.08. The Kier molecular flexibility index (Phi) is 4.57. The van der Waals surface area contributed by atoms with E-state index in [1.807, 2.05) is 12.1 Å². The Morgan fingerprint density at radius 3 is 2.95 bits per heavy atom. The highest BCUT2D eigenvalue weighted by Gasteiger charge is 2.16. The molecule has 2 rings (SSSR count). The molecular formula is C13H15ClN4O2. The van der Waals surface area contributed by atoms with Crippen LogP contribution in [0.25, 0.3) is 0 Å². The maximum Gasteiger partial charge on any atom is 0.293 e. The van der Waals surface area contributed by atoms with Crippen molar-refractivity contribution in [1.82, 2.24) is 20.1 Å². The van der Waals surface area contributed by atoms with Gasteiger partial charge in [-0.05, 0) is 25.1 Å². The minimum Gasteiger partial charge on any atom is -0.492 e. The summed E-state index contributed by atoms with van der Waals surface area (Å²) >= 11 is 5.85. The number of hydrogen-bond donors (Lipinski definition) is 1. The fourth-order valence-electron chi connectivity index (χ4n) is 1.57. The van der Waals surface area contributed by atoms with E-state index in [9.17, 15) is 4.79 Å². The average molecular weight is 295 g/mol. The molecule has 20 heavy (non-hydrogen) atoms. The molecule has 1 aromatic carbocycles. The third-order valence-corrected chi connectivity index (χ3v) is 2.86. The summed E-state index contributed by atoms with van der Waals surface area (Å²) in [4.78, 5) is 17.5. The Hall–Kier alpha value is -2.08. The number of likely N-dealkylation sites (N-methyl/N-ethyl adjacent to an activating group) is 1. The quantitative estimate of drug-likeness (QED) is 0.914. The predicted octanol–water partition coefficient (Wildman–Crippen LogP) is 1.92. The first-order valence-corrected chi connectivity index (χ1v) is 6.47. The number of rotatable bonds is 5. The molecule has 7 heteroatoms. The van der Waals surface area contributed by atoms with E-state index in [1.165, 1.54) is 4.90 Å². The number of hydrogen-bond acceptors (Lipinski definition) is 4. The van der Waals surface area contributed by atoms with Crippen LogP contribution >= 0.6 is 11.6 Å². The largest absolute Gasteiger partial charge is 0.492 e. The zero-order chi connectivity index (χ0) is 14.5. The number of halogens is 1. The second kappa shape index (κ2) is 6.38. The van der Waals surface area contributed by atoms with Crippen molar-refractivity contribution in [2.75, 3.05) is 20.2 Å². The maximum atomic E-state index is 12.0. The summed E-state index contributed by atoms with van der Waals surface area (Å²) in [5.74, 6) is 1.20. The molecule has 1 N–H and O–H groups in total. The number of benzene rings is 1. The summed E-state index contributed by atoms with van der Waals surface area (Å²) in [5.41, 5.74) is 0. The molecule has 2 aromatic rings. The molecule has 0 bridgehead atoms. The second-order valence-corrected chi connectivity index (χ2v) is 4.71. The van der Waals surface area contributed by atoms with Crippen LogP contribution in [-0.2, 0) is 0 Å². The summed E-state index contributed by atoms with van der Waals surface area (Å²) in [6, 6.07) is 7.12. The molecule has 1 aromatic heterocycles. The highest BCUT2D eigenvalue weighted by atomic mass is 35.5. The van der Waals surface area contributed by atoms with Gasteiger partial charge in [-0.15, -0.1) is 5.10 Å². The van der Waals surface area contributed by atoms with Gasteiger partial charge in [0.05, 0.1) is 6.54 Å². The van der Waals surface area contributed by atoms with Crippen molar-refractivity contribution < 1.29 is 9.53 Å². The molecule has 1 amide bonds. The molecule has 0 fully saturated rings. The lowest BCUT2D eigenvalue weighted by Crippen LogP contribution is -2.31. The van der Waals surface area contributed by atoms with Crippen molar-refractivity contribution in [2.24, 2.45) is 0 Å². The number of amides is 1. The van der Waals surface area contributed by atoms with Gasteiger partial charge in [0, 0.05) is 12.1 Å². The second-order valence-electron chi connectivity index (χ2n) is 4.28. The summed E-state index contributed by atoms with van der Waals surface area (Å²) < 4.78 is 5.52. The Bertz CT molecular complexity index is 600. The topological polar surface area (TPSA) is 71.1 Å². The number of H-pyrrole nitrogens is 1. The SMILES string of the molecule is Cc1nc(C(=O)N(C)CCOc2cccc(Cl)c2)n[nH]1. The van der Waals surface area contributed by atoms with Gasteiger partial charge in [-0.25, -0.2) is 4.98 Å². The van der Waals surface area contributed by atoms with Gasteiger partial charge in [0.1, 0.15) is 18.2 Å². The average Bonchev–Trinajstić information content (AvgIpc) is 2.84. The summed E-state index contributed by atoms with van der Waals surface area (Å²) in [6.45, 7) is 2.54. The molecule has 0 spiro atoms. The van der Waals surface area contributed by atoms with Crippen LogP contribution in [0, 0.1) is 6.92 Å². The normalized spacial score (nSPS) is 10.3. The molecule has 0 aliphatic heterocycles. The Morgan fingerprint density at radius 1 is 1.50 bits per heavy atom. The van der Waals surface area contributed by atoms with Crippen molar-refractivity contribution in [2.45, 2.75) is 6.92 Å². The van der Waals surface area contributed by atoms with E-state index in [0.29, 0.717) is 29.7 Å². The van der Waals surface area contributed by atoms with Crippen LogP contribution in [0.1, 0.15) is 16.4 Å². The summed E-state index contributed by atoms with van der Waals surface area (Å²) in [7, 11) is 1.68. The van der Waals surface area contributed by atoms with E-state index in [-0.39, 0.29) is 11.7 Å². The smallest absolute Gasteiger partial charge is 0.293 e. The summed E-state index contributed by atoms with van der Waals surface area (Å²) in [6.07, 6.45) is 0. The fraction of sp³-hybridized carbons (Fsp3) is 0.308. The number of nitrogens with zero attached hydrogens (tertiary/aromatic N) is 3. The zero-order valence-electron chi connectivity index (χ0n) is 11.3. The van der Waals surface area contributed by atoms with E-state index < -0.39 is 0 Å². The van der Waals surface area contributed by atoms with Crippen LogP contribution in [0.15, 0.2) is 24.3 Å². The third-order valence-electron chi connectivity index (χ3n) is 2.63. The molecule has 0 atom stereocenters. The first-order chi connectivity index (χ1) is 9.56. The van der Waals surface area contributed by atoms with Crippen molar-refractivity contribution in [3.63, 3.8) is 0 Å². The molecule has 0 aliphatic rings. The van der Waals surface area contributed by atoms with Crippen LogP contribution in [0.2, 0.25) is 5.02 Å². The number of aromatic amines is 1. The van der Waals surface area contributed by atoms with Crippen LogP contribution in [0.5, 0.6) is 5.75 Å². The van der Waals surface area contributed by atoms with Gasteiger partial charge >= 0.3 is 0 Å². The molecule has 106 valence electrons. The molecule has 0 unspecified atom stereocenters. The predicted molar refractivity (Wildman–Crippen MR) is 75.0 cm³/mol. The minimum absolute atomic E-state index is 0.160. The highest BCUT2D eigenvalue weighted by molar-refractivity contribution is 6.30. The van der Waals surface area contributed by atoms with Gasteiger partial charge in [-0.2, -0.15) is 0 Å². The van der Waals surface area contributed by atoms with Crippen LogP contribution in [0.4, 0.5) is 0 Å². The molecule has 6 nitrogen and oxygen atoms in total. The van der Waals surface area contributed by atoms with E-state index in [1.54, 1.807) is 26.1 Å². The first kappa shape index (κ1) is 14.3. The lowest BCUT2D eigenvalue weighted by atomic mass is 10.3.